The minimum atomic E-state index is -2.81. The van der Waals surface area contributed by atoms with Crippen LogP contribution in [0.4, 0.5) is 14.4 Å². The van der Waals surface area contributed by atoms with Crippen LogP contribution >= 0.6 is 0 Å². The zero-order valence-electron chi connectivity index (χ0n) is 24.1. The summed E-state index contributed by atoms with van der Waals surface area (Å²) in [6.07, 6.45) is 2.00. The lowest BCUT2D eigenvalue weighted by Crippen LogP contribution is -2.14. The van der Waals surface area contributed by atoms with E-state index in [-0.39, 0.29) is 5.82 Å². The van der Waals surface area contributed by atoms with Crippen LogP contribution in [-0.4, -0.2) is 23.4 Å². The van der Waals surface area contributed by atoms with Crippen molar-refractivity contribution in [3.63, 3.8) is 0 Å². The van der Waals surface area contributed by atoms with E-state index in [1.54, 1.807) is 0 Å². The number of aryl methyl sites for hydroxylation is 4. The molecule has 3 nitrogen and oxygen atoms in total. The van der Waals surface area contributed by atoms with Crippen LogP contribution in [-0.2, 0) is 0 Å². The van der Waals surface area contributed by atoms with Crippen molar-refractivity contribution in [2.24, 2.45) is 9.98 Å². The van der Waals surface area contributed by atoms with E-state index in [4.69, 9.17) is 9.98 Å². The normalized spacial score (nSPS) is 13.8. The molecular formula is C36H30BF2N3. The Bertz CT molecular complexity index is 1840. The number of aliphatic imine (C=N–C) groups is 2. The van der Waals surface area contributed by atoms with E-state index in [0.717, 1.165) is 54.7 Å². The molecule has 42 heavy (non-hydrogen) atoms. The Morgan fingerprint density at radius 2 is 1.05 bits per heavy atom. The highest BCUT2D eigenvalue weighted by atomic mass is 19.2. The van der Waals surface area contributed by atoms with E-state index >= 15 is 8.63 Å². The first kappa shape index (κ1) is 27.3. The molecule has 0 fully saturated rings. The molecule has 0 radical (unpaired) electrons. The van der Waals surface area contributed by atoms with Gasteiger partial charge in [-0.15, -0.1) is 0 Å². The van der Waals surface area contributed by atoms with E-state index < -0.39 is 7.40 Å². The molecule has 0 amide bonds. The average Bonchev–Trinajstić information content (AvgIpc) is 3.57. The summed E-state index contributed by atoms with van der Waals surface area (Å²) in [6, 6.07) is 33.5. The van der Waals surface area contributed by atoms with Gasteiger partial charge < -0.3 is 4.48 Å². The van der Waals surface area contributed by atoms with Crippen molar-refractivity contribution in [2.45, 2.75) is 27.7 Å². The number of hydrogen-bond donors (Lipinski definition) is 0. The highest BCUT2D eigenvalue weighted by Gasteiger charge is 2.30. The fourth-order valence-corrected chi connectivity index (χ4v) is 5.13. The molecule has 0 unspecified atom stereocenters. The molecule has 6 rings (SSSR count). The lowest BCUT2D eigenvalue weighted by molar-refractivity contribution is 0.632. The second-order valence-corrected chi connectivity index (χ2v) is 10.9. The van der Waals surface area contributed by atoms with E-state index in [1.807, 2.05) is 137 Å². The molecule has 6 heteroatoms. The van der Waals surface area contributed by atoms with Crippen LogP contribution < -0.4 is 0 Å². The predicted molar refractivity (Wildman–Crippen MR) is 172 cm³/mol. The van der Waals surface area contributed by atoms with E-state index in [9.17, 15) is 0 Å². The van der Waals surface area contributed by atoms with Gasteiger partial charge in [-0.05, 0) is 56.5 Å². The summed E-state index contributed by atoms with van der Waals surface area (Å²) in [7, 11) is -2.81. The first-order chi connectivity index (χ1) is 20.3. The largest absolute Gasteiger partial charge is 0.679 e. The number of benzene rings is 4. The maximum Gasteiger partial charge on any atom is 0.679 e. The summed E-state index contributed by atoms with van der Waals surface area (Å²) in [5.41, 5.74) is 10.4. The Balaban J connectivity index is 1.60. The molecule has 4 aromatic carbocycles. The minimum Gasteiger partial charge on any atom is -0.309 e. The number of allylic oxidation sites excluding steroid dienone is 1. The molecule has 0 spiro atoms. The molecule has 0 saturated heterocycles. The van der Waals surface area contributed by atoms with Crippen molar-refractivity contribution >= 4 is 30.3 Å². The van der Waals surface area contributed by atoms with Gasteiger partial charge in [0.25, 0.3) is 0 Å². The highest BCUT2D eigenvalue weighted by Crippen LogP contribution is 2.40. The Morgan fingerprint density at radius 3 is 1.55 bits per heavy atom. The summed E-state index contributed by atoms with van der Waals surface area (Å²) in [5.74, 6) is 0.574. The zero-order chi connectivity index (χ0) is 29.4. The van der Waals surface area contributed by atoms with Gasteiger partial charge in [0.05, 0.1) is 5.71 Å². The van der Waals surface area contributed by atoms with E-state index in [2.05, 4.69) is 0 Å². The van der Waals surface area contributed by atoms with Crippen LogP contribution in [0.2, 0.25) is 0 Å². The van der Waals surface area contributed by atoms with Gasteiger partial charge in [0, 0.05) is 22.4 Å². The smallest absolute Gasteiger partial charge is 0.309 e. The standard InChI is InChI=1S/C36H30BF2N3/c1-23-5-13-27(14-6-23)31-21-33(29-17-9-25(3)10-18-29)40-35(31)41-36-32(28-15-7-24(2)8-16-28)22-34(42(36)37(38)39)30-19-11-26(4)12-20-30/h5-22H,1-4H3. The van der Waals surface area contributed by atoms with Crippen molar-refractivity contribution in [1.29, 1.82) is 0 Å². The number of rotatable bonds is 6. The second kappa shape index (κ2) is 11.2. The lowest BCUT2D eigenvalue weighted by Gasteiger charge is -2.11. The Kier molecular flexibility index (Phi) is 7.30. The van der Waals surface area contributed by atoms with Crippen LogP contribution in [0.25, 0.3) is 28.0 Å². The number of amidine groups is 1. The van der Waals surface area contributed by atoms with E-state index in [1.165, 1.54) is 0 Å². The summed E-state index contributed by atoms with van der Waals surface area (Å²) < 4.78 is 31.0. The number of nitrogens with zero attached hydrogens (tertiary/aromatic N) is 3. The third kappa shape index (κ3) is 5.40. The molecule has 0 bridgehead atoms. The van der Waals surface area contributed by atoms with Crippen molar-refractivity contribution < 1.29 is 8.63 Å². The maximum absolute atomic E-state index is 15.0. The lowest BCUT2D eigenvalue weighted by atomic mass is 10.0. The van der Waals surface area contributed by atoms with Gasteiger partial charge in [0.15, 0.2) is 5.84 Å². The summed E-state index contributed by atoms with van der Waals surface area (Å²) >= 11 is 0. The molecule has 1 aliphatic heterocycles. The fraction of sp³-hybridized carbons (Fsp3) is 0.111. The first-order valence-electron chi connectivity index (χ1n) is 14.0. The van der Waals surface area contributed by atoms with Crippen LogP contribution in [0.15, 0.2) is 119 Å². The molecular weight excluding hydrogens is 523 g/mol. The number of halogens is 2. The van der Waals surface area contributed by atoms with Crippen molar-refractivity contribution in [3.05, 3.63) is 143 Å². The summed E-state index contributed by atoms with van der Waals surface area (Å²) in [6.45, 7) is 8.06. The number of aromatic nitrogens is 1. The molecule has 1 aliphatic rings. The second-order valence-electron chi connectivity index (χ2n) is 10.9. The molecule has 5 aromatic rings. The quantitative estimate of drug-likeness (QED) is 0.188. The van der Waals surface area contributed by atoms with Gasteiger partial charge in [-0.3, -0.25) is 8.63 Å². The molecule has 0 aliphatic carbocycles. The summed E-state index contributed by atoms with van der Waals surface area (Å²) in [5, 5.41) is 0. The topological polar surface area (TPSA) is 29.6 Å². The Morgan fingerprint density at radius 1 is 0.595 bits per heavy atom. The van der Waals surface area contributed by atoms with Crippen LogP contribution in [0.5, 0.6) is 0 Å². The third-order valence-corrected chi connectivity index (χ3v) is 7.58. The average molecular weight is 553 g/mol. The van der Waals surface area contributed by atoms with Gasteiger partial charge in [-0.1, -0.05) is 119 Å². The van der Waals surface area contributed by atoms with Crippen LogP contribution in [0.1, 0.15) is 33.4 Å². The molecule has 0 atom stereocenters. The van der Waals surface area contributed by atoms with Crippen LogP contribution in [0, 0.1) is 27.7 Å². The van der Waals surface area contributed by atoms with Gasteiger partial charge in [-0.25, -0.2) is 9.98 Å². The van der Waals surface area contributed by atoms with Crippen LogP contribution in [0.3, 0.4) is 0 Å². The molecule has 0 saturated carbocycles. The van der Waals surface area contributed by atoms with Gasteiger partial charge in [0.1, 0.15) is 5.82 Å². The first-order valence-corrected chi connectivity index (χ1v) is 14.0. The highest BCUT2D eigenvalue weighted by molar-refractivity contribution is 6.43. The molecule has 2 heterocycles. The monoisotopic (exact) mass is 553 g/mol. The summed E-state index contributed by atoms with van der Waals surface area (Å²) in [4.78, 5) is 9.88. The minimum absolute atomic E-state index is 0.173. The van der Waals surface area contributed by atoms with Gasteiger partial charge in [-0.2, -0.15) is 0 Å². The molecule has 206 valence electrons. The number of hydrogen-bond acceptors (Lipinski definition) is 1. The van der Waals surface area contributed by atoms with Crippen molar-refractivity contribution in [1.82, 2.24) is 4.48 Å². The predicted octanol–water partition coefficient (Wildman–Crippen LogP) is 9.44. The zero-order valence-corrected chi connectivity index (χ0v) is 24.1. The third-order valence-electron chi connectivity index (χ3n) is 7.58. The van der Waals surface area contributed by atoms with Gasteiger partial charge >= 0.3 is 7.40 Å². The maximum atomic E-state index is 15.0. The van der Waals surface area contributed by atoms with Crippen molar-refractivity contribution in [3.8, 4) is 22.4 Å². The Labute approximate surface area is 245 Å². The SMILES string of the molecule is Cc1ccc(C2=CC(c3ccc(C)cc3)=NC2=Nc2c(-c3ccc(C)cc3)cc(-c3ccc(C)cc3)n2B(F)F)cc1. The van der Waals surface area contributed by atoms with E-state index in [0.29, 0.717) is 22.7 Å². The Hall–Kier alpha value is -4.84. The molecule has 0 N–H and O–H groups in total. The van der Waals surface area contributed by atoms with Gasteiger partial charge in [0.2, 0.25) is 0 Å². The molecule has 1 aromatic heterocycles. The van der Waals surface area contributed by atoms with Crippen molar-refractivity contribution in [2.75, 3.05) is 0 Å². The fourth-order valence-electron chi connectivity index (χ4n) is 5.13.